The third-order valence-corrected chi connectivity index (χ3v) is 13.5. The van der Waals surface area contributed by atoms with Crippen LogP contribution >= 0.6 is 0 Å². The van der Waals surface area contributed by atoms with Gasteiger partial charge in [-0.3, -0.25) is 9.59 Å². The van der Waals surface area contributed by atoms with E-state index in [0.717, 1.165) is 51.9 Å². The Morgan fingerprint density at radius 1 is 0.375 bits per heavy atom. The Hall–Kier alpha value is -0.0210. The first-order valence-corrected chi connectivity index (χ1v) is 20.1. The Bertz CT molecular complexity index is 381. The predicted octanol–water partition coefficient (Wildman–Crippen LogP) is 7.90. The van der Waals surface area contributed by atoms with Crippen LogP contribution in [0.4, 0.5) is 0 Å². The number of hydrogen-bond donors (Lipinski definition) is 2. The van der Waals surface area contributed by atoms with Crippen LogP contribution in [0.2, 0.25) is 10.6 Å². The molecule has 0 aliphatic heterocycles. The van der Waals surface area contributed by atoms with Crippen LogP contribution in [0.25, 0.3) is 0 Å². The minimum absolute atomic E-state index is 0.337. The van der Waals surface area contributed by atoms with Gasteiger partial charge in [-0.25, -0.2) is 0 Å². The molecular weight excluding hydrogens is 534 g/mol. The van der Waals surface area contributed by atoms with Gasteiger partial charge in [0.1, 0.15) is 0 Å². The molecular formula is C26H50O4Se2. The number of rotatable bonds is 27. The zero-order chi connectivity index (χ0) is 23.5. The van der Waals surface area contributed by atoms with Crippen molar-refractivity contribution in [2.45, 2.75) is 152 Å². The van der Waals surface area contributed by atoms with Crippen LogP contribution < -0.4 is 0 Å². The molecule has 0 bridgehead atoms. The van der Waals surface area contributed by atoms with Crippen LogP contribution in [0.15, 0.2) is 0 Å². The minimum atomic E-state index is -0.658. The molecule has 0 aliphatic carbocycles. The van der Waals surface area contributed by atoms with Gasteiger partial charge in [0.15, 0.2) is 0 Å². The summed E-state index contributed by atoms with van der Waals surface area (Å²) in [5.74, 6) is -1.32. The van der Waals surface area contributed by atoms with Gasteiger partial charge in [0.2, 0.25) is 0 Å². The molecule has 0 fully saturated rings. The number of hydrogen-bond acceptors (Lipinski definition) is 2. The van der Waals surface area contributed by atoms with Gasteiger partial charge >= 0.3 is 190 Å². The van der Waals surface area contributed by atoms with Gasteiger partial charge in [-0.2, -0.15) is 0 Å². The molecule has 0 rings (SSSR count). The number of carbonyl (C=O) groups is 2. The average Bonchev–Trinajstić information content (AvgIpc) is 2.75. The van der Waals surface area contributed by atoms with Gasteiger partial charge in [-0.1, -0.05) is 0 Å². The van der Waals surface area contributed by atoms with Crippen molar-refractivity contribution >= 4 is 38.2 Å². The predicted molar refractivity (Wildman–Crippen MR) is 138 cm³/mol. The summed E-state index contributed by atoms with van der Waals surface area (Å²) >= 11 is 1.87. The monoisotopic (exact) mass is 586 g/mol. The summed E-state index contributed by atoms with van der Waals surface area (Å²) in [4.78, 5) is 20.9. The summed E-state index contributed by atoms with van der Waals surface area (Å²) in [5, 5.41) is 20.2. The van der Waals surface area contributed by atoms with Crippen molar-refractivity contribution in [3.8, 4) is 0 Å². The Balaban J connectivity index is 3.02. The third kappa shape index (κ3) is 30.0. The van der Waals surface area contributed by atoms with Crippen molar-refractivity contribution in [2.24, 2.45) is 0 Å². The summed E-state index contributed by atoms with van der Waals surface area (Å²) in [6.07, 6.45) is 26.2. The molecule has 0 aromatic heterocycles. The van der Waals surface area contributed by atoms with Crippen molar-refractivity contribution < 1.29 is 19.8 Å². The Labute approximate surface area is 209 Å². The third-order valence-electron chi connectivity index (χ3n) is 5.82. The molecule has 0 aromatic carbocycles. The van der Waals surface area contributed by atoms with Crippen molar-refractivity contribution in [1.82, 2.24) is 0 Å². The maximum atomic E-state index is 10.4. The van der Waals surface area contributed by atoms with E-state index in [1.807, 2.05) is 0 Å². The van der Waals surface area contributed by atoms with E-state index in [4.69, 9.17) is 10.2 Å². The summed E-state index contributed by atoms with van der Waals surface area (Å²) in [6.45, 7) is 0. The van der Waals surface area contributed by atoms with Crippen LogP contribution in [0.1, 0.15) is 141 Å². The average molecular weight is 585 g/mol. The van der Waals surface area contributed by atoms with E-state index in [9.17, 15) is 9.59 Å². The van der Waals surface area contributed by atoms with Gasteiger partial charge in [-0.05, 0) is 0 Å². The van der Waals surface area contributed by atoms with Crippen LogP contribution in [0, 0.1) is 0 Å². The first-order valence-electron chi connectivity index (χ1n) is 13.3. The molecule has 6 heteroatoms. The molecule has 0 atom stereocenters. The zero-order valence-corrected chi connectivity index (χ0v) is 23.9. The summed E-state index contributed by atoms with van der Waals surface area (Å²) in [7, 11) is 0. The number of carboxylic acids is 2. The molecule has 190 valence electrons. The first-order chi connectivity index (χ1) is 15.6. The van der Waals surface area contributed by atoms with Crippen LogP contribution in [-0.2, 0) is 9.59 Å². The fourth-order valence-electron chi connectivity index (χ4n) is 3.82. The molecule has 0 saturated heterocycles. The standard InChI is InChI=1S/C26H50O4Se2/c27-25(28)21-17-13-9-5-1-3-7-11-15-19-23-31-32-24-20-16-12-8-4-2-6-10-14-18-22-26(29)30/h1-24H2,(H,27,28)(H,29,30). The quantitative estimate of drug-likeness (QED) is 0.0761. The van der Waals surface area contributed by atoms with Crippen molar-refractivity contribution in [3.05, 3.63) is 0 Å². The van der Waals surface area contributed by atoms with E-state index < -0.39 is 11.9 Å². The van der Waals surface area contributed by atoms with E-state index in [1.54, 1.807) is 0 Å². The van der Waals surface area contributed by atoms with Crippen LogP contribution in [0.3, 0.4) is 0 Å². The summed E-state index contributed by atoms with van der Waals surface area (Å²) < 4.78 is 0. The molecule has 0 aliphatic rings. The molecule has 0 amide bonds. The summed E-state index contributed by atoms with van der Waals surface area (Å²) in [6, 6.07) is 0. The molecule has 2 N–H and O–H groups in total. The molecule has 0 saturated carbocycles. The van der Waals surface area contributed by atoms with Gasteiger partial charge in [0.05, 0.1) is 0 Å². The molecule has 0 aromatic rings. The smallest absolute Gasteiger partial charge is 0.481 e. The first kappa shape index (κ1) is 32.0. The summed E-state index contributed by atoms with van der Waals surface area (Å²) in [5.41, 5.74) is 0. The molecule has 4 nitrogen and oxygen atoms in total. The second-order valence-corrected chi connectivity index (χ2v) is 16.8. The topological polar surface area (TPSA) is 74.6 Å². The Kier molecular flexibility index (Phi) is 27.2. The van der Waals surface area contributed by atoms with Crippen molar-refractivity contribution in [3.63, 3.8) is 0 Å². The van der Waals surface area contributed by atoms with Gasteiger partial charge < -0.3 is 10.2 Å². The van der Waals surface area contributed by atoms with Crippen LogP contribution in [0.5, 0.6) is 0 Å². The molecule has 0 spiro atoms. The van der Waals surface area contributed by atoms with E-state index >= 15 is 0 Å². The van der Waals surface area contributed by atoms with Crippen molar-refractivity contribution in [2.75, 3.05) is 0 Å². The second kappa shape index (κ2) is 27.2. The van der Waals surface area contributed by atoms with E-state index in [-0.39, 0.29) is 0 Å². The van der Waals surface area contributed by atoms with E-state index in [1.165, 1.54) is 113 Å². The SMILES string of the molecule is O=C(O)CCCCCCCCCCCC[Se][Se]CCCCCCCCCCCCC(=O)O. The van der Waals surface area contributed by atoms with Gasteiger partial charge in [0, 0.05) is 0 Å². The Morgan fingerprint density at radius 3 is 0.844 bits per heavy atom. The fraction of sp³-hybridized carbons (Fsp3) is 0.923. The van der Waals surface area contributed by atoms with Gasteiger partial charge in [-0.15, -0.1) is 0 Å². The maximum absolute atomic E-state index is 10.4. The molecule has 0 radical (unpaired) electrons. The minimum Gasteiger partial charge on any atom is -0.481 e. The fourth-order valence-corrected chi connectivity index (χ4v) is 10.8. The van der Waals surface area contributed by atoms with E-state index in [0.29, 0.717) is 12.8 Å². The zero-order valence-electron chi connectivity index (χ0n) is 20.5. The van der Waals surface area contributed by atoms with Crippen molar-refractivity contribution in [1.29, 1.82) is 0 Å². The normalized spacial score (nSPS) is 11.1. The van der Waals surface area contributed by atoms with Crippen LogP contribution in [-0.4, -0.2) is 48.4 Å². The van der Waals surface area contributed by atoms with E-state index in [2.05, 4.69) is 0 Å². The van der Waals surface area contributed by atoms with Gasteiger partial charge in [0.25, 0.3) is 0 Å². The molecule has 0 heterocycles. The molecule has 0 unspecified atom stereocenters. The number of aliphatic carboxylic acids is 2. The number of unbranched alkanes of at least 4 members (excludes halogenated alkanes) is 18. The Morgan fingerprint density at radius 2 is 0.594 bits per heavy atom. The molecule has 32 heavy (non-hydrogen) atoms. The number of carboxylic acid groups (broad SMARTS) is 2. The second-order valence-electron chi connectivity index (χ2n) is 9.00.